The highest BCUT2D eigenvalue weighted by molar-refractivity contribution is 6.65. The Hall–Kier alpha value is -1.79. The maximum atomic E-state index is 11.6. The number of carbonyl (C=O) groups is 1. The van der Waals surface area contributed by atoms with E-state index in [0.717, 1.165) is 16.4 Å². The molecule has 1 aliphatic rings. The van der Waals surface area contributed by atoms with Crippen LogP contribution in [0, 0.1) is 0 Å². The molecule has 116 valence electrons. The third-order valence-electron chi connectivity index (χ3n) is 4.83. The van der Waals surface area contributed by atoms with Crippen LogP contribution in [-0.4, -0.2) is 28.8 Å². The second kappa shape index (κ2) is 4.60. The van der Waals surface area contributed by atoms with Crippen LogP contribution in [0.25, 0.3) is 10.9 Å². The fourth-order valence-corrected chi connectivity index (χ4v) is 2.71. The van der Waals surface area contributed by atoms with Crippen molar-refractivity contribution in [2.75, 3.05) is 0 Å². The number of aryl methyl sites for hydroxylation is 1. The van der Waals surface area contributed by atoms with Crippen molar-refractivity contribution in [1.29, 1.82) is 0 Å². The molecular weight excluding hydrogens is 279 g/mol. The van der Waals surface area contributed by atoms with Gasteiger partial charge in [-0.3, -0.25) is 4.79 Å². The van der Waals surface area contributed by atoms with Crippen molar-refractivity contribution >= 4 is 29.4 Å². The highest BCUT2D eigenvalue weighted by atomic mass is 16.7. The van der Waals surface area contributed by atoms with Crippen LogP contribution in [0.2, 0.25) is 0 Å². The second-order valence-electron chi connectivity index (χ2n) is 6.88. The number of nitrogens with zero attached hydrogens (tertiary/aromatic N) is 1. The Morgan fingerprint density at radius 2 is 1.77 bits per heavy atom. The summed E-state index contributed by atoms with van der Waals surface area (Å²) >= 11 is 0. The maximum absolute atomic E-state index is 11.6. The molecule has 1 aromatic heterocycles. The van der Waals surface area contributed by atoms with E-state index in [0.29, 0.717) is 5.56 Å². The number of carbonyl (C=O) groups excluding carboxylic acids is 1. The van der Waals surface area contributed by atoms with Gasteiger partial charge in [0.05, 0.1) is 11.2 Å². The molecule has 1 saturated heterocycles. The van der Waals surface area contributed by atoms with Gasteiger partial charge in [-0.1, -0.05) is 0 Å². The first-order chi connectivity index (χ1) is 10.1. The lowest BCUT2D eigenvalue weighted by atomic mass is 9.76. The third-order valence-corrected chi connectivity index (χ3v) is 4.83. The zero-order chi connectivity index (χ0) is 16.3. The smallest absolute Gasteiger partial charge is 0.399 e. The number of primary amides is 1. The first-order valence-corrected chi connectivity index (χ1v) is 7.37. The van der Waals surface area contributed by atoms with Crippen molar-refractivity contribution in [2.24, 2.45) is 12.8 Å². The van der Waals surface area contributed by atoms with Crippen molar-refractivity contribution < 1.29 is 14.1 Å². The van der Waals surface area contributed by atoms with Crippen LogP contribution in [0.4, 0.5) is 0 Å². The topological polar surface area (TPSA) is 66.5 Å². The number of benzene rings is 1. The van der Waals surface area contributed by atoms with Gasteiger partial charge in [0.1, 0.15) is 0 Å². The van der Waals surface area contributed by atoms with E-state index in [1.807, 2.05) is 51.6 Å². The summed E-state index contributed by atoms with van der Waals surface area (Å²) in [6.45, 7) is 8.03. The van der Waals surface area contributed by atoms with E-state index in [2.05, 4.69) is 0 Å². The number of amides is 1. The van der Waals surface area contributed by atoms with E-state index in [4.69, 9.17) is 15.0 Å². The summed E-state index contributed by atoms with van der Waals surface area (Å²) in [4.78, 5) is 11.6. The van der Waals surface area contributed by atoms with E-state index >= 15 is 0 Å². The van der Waals surface area contributed by atoms with Crippen LogP contribution < -0.4 is 11.2 Å². The lowest BCUT2D eigenvalue weighted by Crippen LogP contribution is -2.41. The van der Waals surface area contributed by atoms with Crippen LogP contribution in [0.5, 0.6) is 0 Å². The fraction of sp³-hybridized carbons (Fsp3) is 0.438. The zero-order valence-electron chi connectivity index (χ0n) is 13.6. The molecule has 1 aromatic carbocycles. The summed E-state index contributed by atoms with van der Waals surface area (Å²) in [5.74, 6) is -0.458. The average Bonchev–Trinajstić information content (AvgIpc) is 2.87. The second-order valence-corrected chi connectivity index (χ2v) is 6.88. The highest BCUT2D eigenvalue weighted by Crippen LogP contribution is 2.37. The molecule has 1 fully saturated rings. The van der Waals surface area contributed by atoms with Gasteiger partial charge in [0, 0.05) is 24.3 Å². The lowest BCUT2D eigenvalue weighted by molar-refractivity contribution is 0.00578. The van der Waals surface area contributed by atoms with Crippen molar-refractivity contribution in [3.8, 4) is 0 Å². The van der Waals surface area contributed by atoms with Crippen LogP contribution >= 0.6 is 0 Å². The fourth-order valence-electron chi connectivity index (χ4n) is 2.71. The van der Waals surface area contributed by atoms with Gasteiger partial charge in [-0.15, -0.1) is 0 Å². The molecule has 0 bridgehead atoms. The zero-order valence-corrected chi connectivity index (χ0v) is 13.6. The van der Waals surface area contributed by atoms with Gasteiger partial charge in [0.2, 0.25) is 5.91 Å². The number of hydrogen-bond acceptors (Lipinski definition) is 3. The molecule has 22 heavy (non-hydrogen) atoms. The minimum Gasteiger partial charge on any atom is -0.399 e. The summed E-state index contributed by atoms with van der Waals surface area (Å²) in [5.41, 5.74) is 6.84. The molecule has 2 N–H and O–H groups in total. The van der Waals surface area contributed by atoms with Gasteiger partial charge < -0.3 is 19.6 Å². The summed E-state index contributed by atoms with van der Waals surface area (Å²) < 4.78 is 14.2. The number of fused-ring (bicyclic) bond motifs is 1. The first-order valence-electron chi connectivity index (χ1n) is 7.37. The van der Waals surface area contributed by atoms with E-state index < -0.39 is 24.2 Å². The van der Waals surface area contributed by atoms with E-state index in [1.165, 1.54) is 0 Å². The molecule has 2 heterocycles. The third kappa shape index (κ3) is 2.14. The largest absolute Gasteiger partial charge is 0.495 e. The Bertz CT molecular complexity index is 748. The van der Waals surface area contributed by atoms with Gasteiger partial charge in [-0.2, -0.15) is 0 Å². The van der Waals surface area contributed by atoms with Crippen LogP contribution in [0.15, 0.2) is 24.4 Å². The Balaban J connectivity index is 2.17. The molecule has 1 aliphatic heterocycles. The maximum Gasteiger partial charge on any atom is 0.495 e. The average molecular weight is 300 g/mol. The van der Waals surface area contributed by atoms with E-state index in [9.17, 15) is 4.79 Å². The summed E-state index contributed by atoms with van der Waals surface area (Å²) in [6.07, 6.45) is 1.95. The summed E-state index contributed by atoms with van der Waals surface area (Å²) in [5, 5.41) is 1.01. The minimum atomic E-state index is -0.519. The Kier molecular flexibility index (Phi) is 3.16. The number of rotatable bonds is 2. The molecular formula is C16H21BN2O3. The number of nitrogens with two attached hydrogens (primary N) is 1. The Morgan fingerprint density at radius 1 is 1.18 bits per heavy atom. The lowest BCUT2D eigenvalue weighted by Gasteiger charge is -2.32. The molecule has 0 saturated carbocycles. The molecule has 5 nitrogen and oxygen atoms in total. The van der Waals surface area contributed by atoms with Gasteiger partial charge in [-0.25, -0.2) is 0 Å². The molecule has 0 atom stereocenters. The quantitative estimate of drug-likeness (QED) is 0.856. The molecule has 1 amide bonds. The number of hydrogen-bond donors (Lipinski definition) is 1. The van der Waals surface area contributed by atoms with Crippen molar-refractivity contribution in [3.63, 3.8) is 0 Å². The predicted molar refractivity (Wildman–Crippen MR) is 87.2 cm³/mol. The molecule has 6 heteroatoms. The minimum absolute atomic E-state index is 0.429. The van der Waals surface area contributed by atoms with Crippen molar-refractivity contribution in [3.05, 3.63) is 30.0 Å². The van der Waals surface area contributed by atoms with Gasteiger partial charge in [-0.05, 0) is 56.7 Å². The van der Waals surface area contributed by atoms with Crippen LogP contribution in [0.1, 0.15) is 38.1 Å². The van der Waals surface area contributed by atoms with E-state index in [-0.39, 0.29) is 0 Å². The van der Waals surface area contributed by atoms with Gasteiger partial charge >= 0.3 is 7.12 Å². The molecule has 0 spiro atoms. The SMILES string of the molecule is Cn1ccc2c(B3OC(C)(C)C(C)(C)O3)cc(C(N)=O)cc21. The molecule has 2 aromatic rings. The van der Waals surface area contributed by atoms with Crippen LogP contribution in [0.3, 0.4) is 0 Å². The molecule has 0 aliphatic carbocycles. The monoisotopic (exact) mass is 300 g/mol. The van der Waals surface area contributed by atoms with E-state index in [1.54, 1.807) is 12.1 Å². The first kappa shape index (κ1) is 15.1. The Morgan fingerprint density at radius 3 is 2.32 bits per heavy atom. The highest BCUT2D eigenvalue weighted by Gasteiger charge is 2.52. The standard InChI is InChI=1S/C16H21BN2O3/c1-15(2)16(3,4)22-17(21-15)12-8-10(14(18)20)9-13-11(12)6-7-19(13)5/h6-9H,1-5H3,(H2,18,20). The molecule has 3 rings (SSSR count). The predicted octanol–water partition coefficient (Wildman–Crippen LogP) is 1.58. The normalized spacial score (nSPS) is 19.8. The van der Waals surface area contributed by atoms with Crippen molar-refractivity contribution in [2.45, 2.75) is 38.9 Å². The van der Waals surface area contributed by atoms with Crippen LogP contribution in [-0.2, 0) is 16.4 Å². The summed E-state index contributed by atoms with van der Waals surface area (Å²) in [7, 11) is 1.41. The Labute approximate surface area is 130 Å². The number of aromatic nitrogens is 1. The van der Waals surface area contributed by atoms with Gasteiger partial charge in [0.25, 0.3) is 0 Å². The molecule has 0 radical (unpaired) electrons. The van der Waals surface area contributed by atoms with Crippen molar-refractivity contribution in [1.82, 2.24) is 4.57 Å². The van der Waals surface area contributed by atoms with Gasteiger partial charge in [0.15, 0.2) is 0 Å². The molecule has 0 unspecified atom stereocenters. The summed E-state index contributed by atoms with van der Waals surface area (Å²) in [6, 6.07) is 5.57.